The summed E-state index contributed by atoms with van der Waals surface area (Å²) in [6, 6.07) is 8.36. The lowest BCUT2D eigenvalue weighted by Gasteiger charge is -2.34. The Balaban J connectivity index is 1.49. The average molecular weight is 480 g/mol. The number of piperazine rings is 1. The van der Waals surface area contributed by atoms with E-state index in [2.05, 4.69) is 9.88 Å². The molecule has 0 bridgehead atoms. The minimum atomic E-state index is -3.55. The number of rotatable bonds is 4. The van der Waals surface area contributed by atoms with Crippen molar-refractivity contribution in [3.8, 4) is 11.3 Å². The van der Waals surface area contributed by atoms with Crippen LogP contribution >= 0.6 is 22.9 Å². The van der Waals surface area contributed by atoms with Gasteiger partial charge in [0.2, 0.25) is 10.0 Å². The minimum absolute atomic E-state index is 0.0626. The molecular formula is C22H23ClFN3O2S2. The number of hydrogen-bond donors (Lipinski definition) is 0. The van der Waals surface area contributed by atoms with Crippen molar-refractivity contribution >= 4 is 38.1 Å². The first-order valence-corrected chi connectivity index (χ1v) is 12.6. The van der Waals surface area contributed by atoms with Crippen molar-refractivity contribution in [3.05, 3.63) is 63.2 Å². The summed E-state index contributed by atoms with van der Waals surface area (Å²) in [7, 11) is -3.55. The van der Waals surface area contributed by atoms with Gasteiger partial charge in [0.15, 0.2) is 5.13 Å². The maximum absolute atomic E-state index is 13.4. The van der Waals surface area contributed by atoms with Crippen molar-refractivity contribution in [1.82, 2.24) is 9.29 Å². The third kappa shape index (κ3) is 4.35. The molecule has 3 aromatic rings. The van der Waals surface area contributed by atoms with Gasteiger partial charge in [-0.2, -0.15) is 4.31 Å². The van der Waals surface area contributed by atoms with Crippen LogP contribution in [-0.2, 0) is 10.0 Å². The number of benzene rings is 2. The maximum atomic E-state index is 13.4. The molecule has 1 fully saturated rings. The summed E-state index contributed by atoms with van der Waals surface area (Å²) in [5, 5.41) is 2.78. The summed E-state index contributed by atoms with van der Waals surface area (Å²) in [4.78, 5) is 7.15. The highest BCUT2D eigenvalue weighted by molar-refractivity contribution is 7.89. The van der Waals surface area contributed by atoms with E-state index < -0.39 is 15.8 Å². The van der Waals surface area contributed by atoms with Crippen molar-refractivity contribution in [1.29, 1.82) is 0 Å². The van der Waals surface area contributed by atoms with Gasteiger partial charge in [-0.1, -0.05) is 29.3 Å². The molecule has 1 aliphatic heterocycles. The number of thiazole rings is 1. The van der Waals surface area contributed by atoms with E-state index in [4.69, 9.17) is 11.6 Å². The van der Waals surface area contributed by atoms with Crippen LogP contribution in [0.3, 0.4) is 0 Å². The summed E-state index contributed by atoms with van der Waals surface area (Å²) < 4.78 is 41.5. The van der Waals surface area contributed by atoms with Gasteiger partial charge < -0.3 is 4.90 Å². The molecule has 1 saturated heterocycles. The Hall–Kier alpha value is -2.00. The maximum Gasteiger partial charge on any atom is 0.243 e. The van der Waals surface area contributed by atoms with Crippen LogP contribution in [0.4, 0.5) is 9.52 Å². The largest absolute Gasteiger partial charge is 0.345 e. The molecule has 0 atom stereocenters. The van der Waals surface area contributed by atoms with Crippen LogP contribution in [0.1, 0.15) is 16.7 Å². The monoisotopic (exact) mass is 479 g/mol. The Morgan fingerprint density at radius 2 is 1.68 bits per heavy atom. The number of halogens is 2. The summed E-state index contributed by atoms with van der Waals surface area (Å²) >= 11 is 7.37. The van der Waals surface area contributed by atoms with E-state index in [0.717, 1.165) is 33.1 Å². The Morgan fingerprint density at radius 3 is 2.29 bits per heavy atom. The Morgan fingerprint density at radius 1 is 1.03 bits per heavy atom. The highest BCUT2D eigenvalue weighted by Gasteiger charge is 2.31. The van der Waals surface area contributed by atoms with Crippen LogP contribution in [0.2, 0.25) is 5.02 Å². The van der Waals surface area contributed by atoms with Crippen LogP contribution in [0.15, 0.2) is 40.6 Å². The molecule has 0 unspecified atom stereocenters. The number of sulfonamides is 1. The lowest BCUT2D eigenvalue weighted by Crippen LogP contribution is -2.48. The molecule has 5 nitrogen and oxygen atoms in total. The van der Waals surface area contributed by atoms with Crippen molar-refractivity contribution in [2.24, 2.45) is 0 Å². The van der Waals surface area contributed by atoms with Gasteiger partial charge in [-0.25, -0.2) is 17.8 Å². The molecule has 9 heteroatoms. The van der Waals surface area contributed by atoms with E-state index in [1.807, 2.05) is 38.3 Å². The predicted molar refractivity (Wildman–Crippen MR) is 124 cm³/mol. The third-order valence-corrected chi connectivity index (χ3v) is 8.82. The van der Waals surface area contributed by atoms with E-state index in [-0.39, 0.29) is 5.02 Å². The number of aromatic nitrogens is 1. The number of anilines is 1. The molecule has 31 heavy (non-hydrogen) atoms. The molecule has 0 aliphatic carbocycles. The predicted octanol–water partition coefficient (Wildman–Crippen LogP) is 5.04. The first-order valence-electron chi connectivity index (χ1n) is 9.90. The Bertz CT molecular complexity index is 1210. The van der Waals surface area contributed by atoms with E-state index in [0.29, 0.717) is 31.1 Å². The molecule has 2 heterocycles. The summed E-state index contributed by atoms with van der Waals surface area (Å²) in [6.07, 6.45) is 0. The molecule has 1 aliphatic rings. The normalized spacial score (nSPS) is 15.5. The van der Waals surface area contributed by atoms with Crippen molar-refractivity contribution in [2.75, 3.05) is 31.1 Å². The fraction of sp³-hybridized carbons (Fsp3) is 0.318. The SMILES string of the molecule is Cc1cc(C)c(S(=O)(=O)N2CCN(c3nc(-c4ccc(F)c(Cl)c4)cs3)CC2)c(C)c1. The zero-order chi connectivity index (χ0) is 22.3. The molecule has 0 radical (unpaired) electrons. The van der Waals surface area contributed by atoms with Gasteiger partial charge in [0, 0.05) is 37.1 Å². The molecule has 0 N–H and O–H groups in total. The molecule has 4 rings (SSSR count). The zero-order valence-electron chi connectivity index (χ0n) is 17.5. The first kappa shape index (κ1) is 22.2. The van der Waals surface area contributed by atoms with Crippen LogP contribution < -0.4 is 4.90 Å². The lowest BCUT2D eigenvalue weighted by molar-refractivity contribution is 0.384. The highest BCUT2D eigenvalue weighted by Crippen LogP contribution is 2.31. The summed E-state index contributed by atoms with van der Waals surface area (Å²) in [6.45, 7) is 7.57. The quantitative estimate of drug-likeness (QED) is 0.526. The second kappa shape index (κ2) is 8.50. The molecule has 1 aromatic heterocycles. The van der Waals surface area contributed by atoms with Crippen LogP contribution in [0, 0.1) is 26.6 Å². The lowest BCUT2D eigenvalue weighted by atomic mass is 10.1. The van der Waals surface area contributed by atoms with Crippen LogP contribution in [-0.4, -0.2) is 43.9 Å². The molecule has 164 valence electrons. The van der Waals surface area contributed by atoms with Gasteiger partial charge in [-0.3, -0.25) is 0 Å². The molecular weight excluding hydrogens is 457 g/mol. The molecule has 0 spiro atoms. The summed E-state index contributed by atoms with van der Waals surface area (Å²) in [5.74, 6) is -0.461. The van der Waals surface area contributed by atoms with Gasteiger partial charge in [0.1, 0.15) is 5.82 Å². The fourth-order valence-electron chi connectivity index (χ4n) is 4.02. The smallest absolute Gasteiger partial charge is 0.243 e. The van der Waals surface area contributed by atoms with Crippen molar-refractivity contribution < 1.29 is 12.8 Å². The van der Waals surface area contributed by atoms with E-state index in [1.165, 1.54) is 17.4 Å². The first-order chi connectivity index (χ1) is 14.7. The number of aryl methyl sites for hydroxylation is 3. The summed E-state index contributed by atoms with van der Waals surface area (Å²) in [5.41, 5.74) is 4.09. The second-order valence-electron chi connectivity index (χ2n) is 7.76. The zero-order valence-corrected chi connectivity index (χ0v) is 19.9. The van der Waals surface area contributed by atoms with Gasteiger partial charge in [0.05, 0.1) is 15.6 Å². The Kier molecular flexibility index (Phi) is 6.09. The van der Waals surface area contributed by atoms with Gasteiger partial charge in [0.25, 0.3) is 0 Å². The van der Waals surface area contributed by atoms with Crippen LogP contribution in [0.25, 0.3) is 11.3 Å². The molecule has 0 amide bonds. The van der Waals surface area contributed by atoms with E-state index in [1.54, 1.807) is 16.4 Å². The second-order valence-corrected chi connectivity index (χ2v) is 10.9. The third-order valence-electron chi connectivity index (χ3n) is 5.42. The van der Waals surface area contributed by atoms with Crippen molar-refractivity contribution in [3.63, 3.8) is 0 Å². The highest BCUT2D eigenvalue weighted by atomic mass is 35.5. The molecule has 2 aromatic carbocycles. The number of hydrogen-bond acceptors (Lipinski definition) is 5. The number of nitrogens with zero attached hydrogens (tertiary/aromatic N) is 3. The van der Waals surface area contributed by atoms with Gasteiger partial charge >= 0.3 is 0 Å². The topological polar surface area (TPSA) is 53.5 Å². The average Bonchev–Trinajstić information content (AvgIpc) is 3.19. The van der Waals surface area contributed by atoms with Crippen molar-refractivity contribution in [2.45, 2.75) is 25.7 Å². The molecule has 0 saturated carbocycles. The Labute approximate surface area is 191 Å². The van der Waals surface area contributed by atoms with E-state index >= 15 is 0 Å². The standard InChI is InChI=1S/C22H23ClFN3O2S2/c1-14-10-15(2)21(16(3)11-14)31(28,29)27-8-6-26(7-9-27)22-25-20(13-30-22)17-4-5-19(24)18(23)12-17/h4-5,10-13H,6-9H2,1-3H3. The van der Waals surface area contributed by atoms with Gasteiger partial charge in [-0.15, -0.1) is 11.3 Å². The fourth-order valence-corrected chi connectivity index (χ4v) is 6.92. The van der Waals surface area contributed by atoms with E-state index in [9.17, 15) is 12.8 Å². The van der Waals surface area contributed by atoms with Gasteiger partial charge in [-0.05, 0) is 50.1 Å². The minimum Gasteiger partial charge on any atom is -0.345 e. The van der Waals surface area contributed by atoms with Crippen LogP contribution in [0.5, 0.6) is 0 Å².